The highest BCUT2D eigenvalue weighted by atomic mass is 32.2. The largest absolute Gasteiger partial charge is 0.394 e. The van der Waals surface area contributed by atoms with Crippen molar-refractivity contribution in [3.63, 3.8) is 0 Å². The molecule has 0 bridgehead atoms. The fourth-order valence-corrected chi connectivity index (χ4v) is 3.41. The number of aliphatic hydroxyl groups is 1. The summed E-state index contributed by atoms with van der Waals surface area (Å²) in [5, 5.41) is 9.21. The number of ketones is 1. The van der Waals surface area contributed by atoms with E-state index in [4.69, 9.17) is 0 Å². The van der Waals surface area contributed by atoms with Crippen LogP contribution in [0.15, 0.2) is 53.7 Å². The van der Waals surface area contributed by atoms with Gasteiger partial charge in [-0.1, -0.05) is 23.9 Å². The first kappa shape index (κ1) is 18.5. The lowest BCUT2D eigenvalue weighted by Crippen LogP contribution is -2.18. The van der Waals surface area contributed by atoms with Gasteiger partial charge in [0.05, 0.1) is 24.6 Å². The van der Waals surface area contributed by atoms with Crippen LogP contribution in [0.1, 0.15) is 17.3 Å². The molecule has 1 N–H and O–H groups in total. The zero-order valence-corrected chi connectivity index (χ0v) is 14.8. The van der Waals surface area contributed by atoms with Crippen molar-refractivity contribution in [2.75, 3.05) is 23.2 Å². The van der Waals surface area contributed by atoms with Crippen molar-refractivity contribution >= 4 is 40.3 Å². The van der Waals surface area contributed by atoms with Crippen molar-refractivity contribution in [3.8, 4) is 0 Å². The highest BCUT2D eigenvalue weighted by Gasteiger charge is 2.12. The van der Waals surface area contributed by atoms with Crippen LogP contribution >= 0.6 is 23.7 Å². The second kappa shape index (κ2) is 9.46. The molecule has 1 aromatic carbocycles. The monoisotopic (exact) mass is 362 g/mol. The van der Waals surface area contributed by atoms with Gasteiger partial charge in [-0.05, 0) is 36.2 Å². The Morgan fingerprint density at radius 2 is 1.96 bits per heavy atom. The van der Waals surface area contributed by atoms with E-state index < -0.39 is 0 Å². The lowest BCUT2D eigenvalue weighted by Gasteiger charge is -2.22. The lowest BCUT2D eigenvalue weighted by molar-refractivity contribution is -0.109. The number of thioether (sulfide) groups is 1. The Morgan fingerprint density at radius 1 is 1.21 bits per heavy atom. The summed E-state index contributed by atoms with van der Waals surface area (Å²) in [4.78, 5) is 28.0. The number of pyridine rings is 1. The van der Waals surface area contributed by atoms with Crippen molar-refractivity contribution in [1.29, 1.82) is 0 Å². The van der Waals surface area contributed by atoms with E-state index in [9.17, 15) is 14.7 Å². The van der Waals surface area contributed by atoms with Crippen molar-refractivity contribution in [2.45, 2.75) is 11.8 Å². The minimum atomic E-state index is -0.0738. The fourth-order valence-electron chi connectivity index (χ4n) is 1.93. The van der Waals surface area contributed by atoms with Crippen LogP contribution in [0.2, 0.25) is 0 Å². The third-order valence-corrected chi connectivity index (χ3v) is 4.92. The second-order valence-electron chi connectivity index (χ2n) is 4.85. The Bertz CT molecular complexity index is 695. The zero-order chi connectivity index (χ0) is 17.4. The minimum Gasteiger partial charge on any atom is -0.394 e. The van der Waals surface area contributed by atoms with Gasteiger partial charge in [-0.25, -0.2) is 0 Å². The van der Waals surface area contributed by atoms with Crippen LogP contribution < -0.4 is 4.31 Å². The first-order valence-corrected chi connectivity index (χ1v) is 9.09. The van der Waals surface area contributed by atoms with Gasteiger partial charge in [0.1, 0.15) is 0 Å². The van der Waals surface area contributed by atoms with Crippen LogP contribution in [-0.2, 0) is 4.79 Å². The topological polar surface area (TPSA) is 70.5 Å². The molecule has 1 heterocycles. The third-order valence-electron chi connectivity index (χ3n) is 3.03. The van der Waals surface area contributed by atoms with Crippen molar-refractivity contribution in [1.82, 2.24) is 4.98 Å². The average Bonchev–Trinajstić information content (AvgIpc) is 2.60. The van der Waals surface area contributed by atoms with E-state index in [2.05, 4.69) is 4.98 Å². The number of anilines is 1. The molecule has 2 rings (SSSR count). The molecule has 5 nitrogen and oxygen atoms in total. The molecule has 0 spiro atoms. The standard InChI is InChI=1S/C17H18N2O3S2/c1-13(21)23-12-17(22)14-3-2-4-16(11-14)24-19(9-10-20)15-5-7-18-8-6-15/h2-8,11,20H,9-10,12H2,1H3. The number of nitrogens with zero attached hydrogens (tertiary/aromatic N) is 2. The molecule has 0 aliphatic heterocycles. The normalized spacial score (nSPS) is 10.4. The number of rotatable bonds is 8. The number of hydrogen-bond acceptors (Lipinski definition) is 7. The molecular weight excluding hydrogens is 344 g/mol. The van der Waals surface area contributed by atoms with E-state index in [0.717, 1.165) is 22.3 Å². The molecular formula is C17H18N2O3S2. The molecule has 0 aliphatic rings. The van der Waals surface area contributed by atoms with Gasteiger partial charge in [-0.3, -0.25) is 14.6 Å². The summed E-state index contributed by atoms with van der Waals surface area (Å²) < 4.78 is 1.94. The van der Waals surface area contributed by atoms with Crippen LogP contribution in [0.3, 0.4) is 0 Å². The molecule has 0 atom stereocenters. The van der Waals surface area contributed by atoms with E-state index >= 15 is 0 Å². The van der Waals surface area contributed by atoms with Crippen molar-refractivity contribution in [3.05, 3.63) is 54.4 Å². The summed E-state index contributed by atoms with van der Waals surface area (Å²) >= 11 is 2.46. The third kappa shape index (κ3) is 5.67. The number of carbonyl (C=O) groups is 2. The highest BCUT2D eigenvalue weighted by Crippen LogP contribution is 2.29. The van der Waals surface area contributed by atoms with Crippen molar-refractivity contribution < 1.29 is 14.7 Å². The first-order chi connectivity index (χ1) is 11.6. The Balaban J connectivity index is 2.12. The molecule has 0 saturated heterocycles. The molecule has 0 fully saturated rings. The molecule has 1 aromatic heterocycles. The van der Waals surface area contributed by atoms with Crippen LogP contribution in [0, 0.1) is 0 Å². The molecule has 0 aliphatic carbocycles. The number of aliphatic hydroxyl groups excluding tert-OH is 1. The van der Waals surface area contributed by atoms with Gasteiger partial charge in [0, 0.05) is 29.8 Å². The van der Waals surface area contributed by atoms with E-state index in [0.29, 0.717) is 12.1 Å². The number of hydrogen-bond donors (Lipinski definition) is 1. The molecule has 24 heavy (non-hydrogen) atoms. The molecule has 0 radical (unpaired) electrons. The lowest BCUT2D eigenvalue weighted by atomic mass is 10.1. The summed E-state index contributed by atoms with van der Waals surface area (Å²) in [5.41, 5.74) is 1.50. The van der Waals surface area contributed by atoms with Crippen molar-refractivity contribution in [2.24, 2.45) is 0 Å². The average molecular weight is 362 g/mol. The smallest absolute Gasteiger partial charge is 0.186 e. The summed E-state index contributed by atoms with van der Waals surface area (Å²) in [5.74, 6) is 0.0732. The van der Waals surface area contributed by atoms with Gasteiger partial charge in [-0.15, -0.1) is 0 Å². The number of Topliss-reactive ketones (excluding diaryl/α,β-unsaturated/α-hetero) is 1. The van der Waals surface area contributed by atoms with E-state index in [1.54, 1.807) is 24.5 Å². The maximum absolute atomic E-state index is 12.1. The van der Waals surface area contributed by atoms with Gasteiger partial charge in [0.25, 0.3) is 0 Å². The molecule has 2 aromatic rings. The molecule has 7 heteroatoms. The SMILES string of the molecule is CC(=O)SCC(=O)c1cccc(SN(CCO)c2ccncc2)c1. The predicted octanol–water partition coefficient (Wildman–Crippen LogP) is 3.05. The van der Waals surface area contributed by atoms with Crippen LogP contribution in [0.5, 0.6) is 0 Å². The summed E-state index contributed by atoms with van der Waals surface area (Å²) in [6.45, 7) is 1.92. The van der Waals surface area contributed by atoms with Gasteiger partial charge in [-0.2, -0.15) is 0 Å². The Kier molecular flexibility index (Phi) is 7.30. The number of benzene rings is 1. The summed E-state index contributed by atoms with van der Waals surface area (Å²) in [6, 6.07) is 11.0. The van der Waals surface area contributed by atoms with Gasteiger partial charge in [0.15, 0.2) is 10.9 Å². The number of aromatic nitrogens is 1. The molecule has 0 saturated carbocycles. The maximum atomic E-state index is 12.1. The zero-order valence-electron chi connectivity index (χ0n) is 13.2. The fraction of sp³-hybridized carbons (Fsp3) is 0.235. The minimum absolute atomic E-state index is 0.0171. The molecule has 0 unspecified atom stereocenters. The van der Waals surface area contributed by atoms with E-state index in [1.165, 1.54) is 18.9 Å². The van der Waals surface area contributed by atoms with Gasteiger partial charge in [0.2, 0.25) is 0 Å². The second-order valence-corrected chi connectivity index (χ2v) is 7.10. The molecule has 0 amide bonds. The maximum Gasteiger partial charge on any atom is 0.186 e. The first-order valence-electron chi connectivity index (χ1n) is 7.33. The van der Waals surface area contributed by atoms with Gasteiger partial charge >= 0.3 is 0 Å². The quantitative estimate of drug-likeness (QED) is 0.572. The van der Waals surface area contributed by atoms with Crippen LogP contribution in [0.25, 0.3) is 0 Å². The number of carbonyl (C=O) groups excluding carboxylic acids is 2. The Morgan fingerprint density at radius 3 is 2.62 bits per heavy atom. The van der Waals surface area contributed by atoms with Gasteiger partial charge < -0.3 is 9.41 Å². The predicted molar refractivity (Wildman–Crippen MR) is 98.4 cm³/mol. The van der Waals surface area contributed by atoms with Crippen LogP contribution in [0.4, 0.5) is 5.69 Å². The summed E-state index contributed by atoms with van der Waals surface area (Å²) in [6.07, 6.45) is 3.39. The summed E-state index contributed by atoms with van der Waals surface area (Å²) in [7, 11) is 0. The highest BCUT2D eigenvalue weighted by molar-refractivity contribution is 8.14. The van der Waals surface area contributed by atoms with E-state index in [-0.39, 0.29) is 23.3 Å². The Labute approximate surface area is 149 Å². The Hall–Kier alpha value is -1.83. The van der Waals surface area contributed by atoms with E-state index in [1.807, 2.05) is 28.6 Å². The van der Waals surface area contributed by atoms with Crippen LogP contribution in [-0.4, -0.2) is 39.9 Å². The molecule has 126 valence electrons.